The zero-order chi connectivity index (χ0) is 14.7. The molecule has 1 saturated heterocycles. The molecule has 1 aromatic carbocycles. The van der Waals surface area contributed by atoms with Crippen LogP contribution in [-0.2, 0) is 11.3 Å². The molecule has 0 saturated carbocycles. The Hall–Kier alpha value is -1.76. The number of amides is 2. The van der Waals surface area contributed by atoms with Crippen LogP contribution in [0.3, 0.4) is 0 Å². The minimum atomic E-state index is -0.998. The van der Waals surface area contributed by atoms with Crippen LogP contribution in [-0.4, -0.2) is 51.6 Å². The summed E-state index contributed by atoms with van der Waals surface area (Å²) in [6.07, 6.45) is 0. The number of rotatable bonds is 3. The Balaban J connectivity index is 2.03. The molecule has 1 N–H and O–H groups in total. The molecule has 1 atom stereocenters. The molecular formula is C13H15FN2O3S. The van der Waals surface area contributed by atoms with E-state index in [0.717, 1.165) is 0 Å². The van der Waals surface area contributed by atoms with Crippen LogP contribution in [0.15, 0.2) is 24.3 Å². The monoisotopic (exact) mass is 298 g/mol. The first-order valence-corrected chi connectivity index (χ1v) is 7.21. The molecule has 0 spiro atoms. The number of urea groups is 1. The molecule has 0 bridgehead atoms. The summed E-state index contributed by atoms with van der Waals surface area (Å²) >= 11 is 1.41. The number of aliphatic carboxylic acids is 1. The summed E-state index contributed by atoms with van der Waals surface area (Å²) in [6, 6.07) is 4.85. The predicted octanol–water partition coefficient (Wildman–Crippen LogP) is 1.84. The maximum atomic E-state index is 13.1. The van der Waals surface area contributed by atoms with Gasteiger partial charge in [0.15, 0.2) is 0 Å². The first kappa shape index (κ1) is 14.6. The molecule has 5 nitrogen and oxygen atoms in total. The maximum absolute atomic E-state index is 13.1. The van der Waals surface area contributed by atoms with Crippen LogP contribution >= 0.6 is 11.8 Å². The van der Waals surface area contributed by atoms with E-state index in [1.807, 2.05) is 0 Å². The molecule has 1 aliphatic rings. The summed E-state index contributed by atoms with van der Waals surface area (Å²) in [5, 5.41) is 9.07. The van der Waals surface area contributed by atoms with Gasteiger partial charge in [-0.05, 0) is 17.7 Å². The van der Waals surface area contributed by atoms with Gasteiger partial charge in [0.05, 0.1) is 5.88 Å². The van der Waals surface area contributed by atoms with Gasteiger partial charge in [-0.2, -0.15) is 0 Å². The van der Waals surface area contributed by atoms with Crippen LogP contribution in [0.25, 0.3) is 0 Å². The van der Waals surface area contributed by atoms with Gasteiger partial charge in [-0.1, -0.05) is 12.1 Å². The molecule has 0 aliphatic carbocycles. The highest BCUT2D eigenvalue weighted by atomic mass is 32.2. The van der Waals surface area contributed by atoms with Crippen molar-refractivity contribution in [1.82, 2.24) is 9.80 Å². The number of carbonyl (C=O) groups is 2. The second kappa shape index (κ2) is 6.13. The zero-order valence-corrected chi connectivity index (χ0v) is 11.8. The van der Waals surface area contributed by atoms with Crippen molar-refractivity contribution in [2.45, 2.75) is 12.6 Å². The standard InChI is InChI=1S/C13H15FN2O3S/c1-15(6-9-3-2-4-10(14)5-9)13(19)16-8-20-7-11(16)12(17)18/h2-5,11H,6-8H2,1H3,(H,17,18). The zero-order valence-electron chi connectivity index (χ0n) is 11.0. The first-order chi connectivity index (χ1) is 9.49. The van der Waals surface area contributed by atoms with E-state index in [9.17, 15) is 14.0 Å². The van der Waals surface area contributed by atoms with Crippen molar-refractivity contribution in [2.75, 3.05) is 18.7 Å². The van der Waals surface area contributed by atoms with Crippen molar-refractivity contribution >= 4 is 23.8 Å². The summed E-state index contributed by atoms with van der Waals surface area (Å²) in [5.74, 6) is -0.593. The van der Waals surface area contributed by atoms with Gasteiger partial charge in [0, 0.05) is 19.3 Å². The molecule has 1 aromatic rings. The van der Waals surface area contributed by atoms with E-state index in [4.69, 9.17) is 5.11 Å². The highest BCUT2D eigenvalue weighted by Crippen LogP contribution is 2.22. The van der Waals surface area contributed by atoms with Gasteiger partial charge >= 0.3 is 12.0 Å². The van der Waals surface area contributed by atoms with Crippen molar-refractivity contribution < 1.29 is 19.1 Å². The summed E-state index contributed by atoms with van der Waals surface area (Å²) in [7, 11) is 1.58. The molecule has 7 heteroatoms. The molecule has 1 heterocycles. The van der Waals surface area contributed by atoms with Gasteiger partial charge in [0.25, 0.3) is 0 Å². The largest absolute Gasteiger partial charge is 0.480 e. The molecule has 1 aliphatic heterocycles. The smallest absolute Gasteiger partial charge is 0.327 e. The Bertz CT molecular complexity index is 526. The van der Waals surface area contributed by atoms with Crippen molar-refractivity contribution in [1.29, 1.82) is 0 Å². The highest BCUT2D eigenvalue weighted by Gasteiger charge is 2.35. The number of nitrogens with zero attached hydrogens (tertiary/aromatic N) is 2. The Morgan fingerprint density at radius 3 is 2.95 bits per heavy atom. The van der Waals surface area contributed by atoms with E-state index < -0.39 is 12.0 Å². The third-order valence-electron chi connectivity index (χ3n) is 3.05. The van der Waals surface area contributed by atoms with Crippen LogP contribution < -0.4 is 0 Å². The summed E-state index contributed by atoms with van der Waals surface area (Å²) in [5.41, 5.74) is 0.666. The van der Waals surface area contributed by atoms with Crippen LogP contribution in [0.1, 0.15) is 5.56 Å². The number of carboxylic acid groups (broad SMARTS) is 1. The molecule has 0 aromatic heterocycles. The fourth-order valence-electron chi connectivity index (χ4n) is 2.03. The van der Waals surface area contributed by atoms with Crippen molar-refractivity contribution in [3.05, 3.63) is 35.6 Å². The lowest BCUT2D eigenvalue weighted by Gasteiger charge is -2.27. The fraction of sp³-hybridized carbons (Fsp3) is 0.385. The van der Waals surface area contributed by atoms with Crippen LogP contribution in [0.4, 0.5) is 9.18 Å². The Labute approximate surface area is 120 Å². The SMILES string of the molecule is CN(Cc1cccc(F)c1)C(=O)N1CSCC1C(=O)O. The number of thioether (sulfide) groups is 1. The van der Waals surface area contributed by atoms with E-state index in [-0.39, 0.29) is 18.4 Å². The average Bonchev–Trinajstić information content (AvgIpc) is 2.87. The molecule has 108 valence electrons. The minimum Gasteiger partial charge on any atom is -0.480 e. The van der Waals surface area contributed by atoms with Gasteiger partial charge < -0.3 is 14.9 Å². The summed E-state index contributed by atoms with van der Waals surface area (Å²) < 4.78 is 13.1. The van der Waals surface area contributed by atoms with Gasteiger partial charge in [-0.25, -0.2) is 14.0 Å². The quantitative estimate of drug-likeness (QED) is 0.925. The van der Waals surface area contributed by atoms with Crippen LogP contribution in [0, 0.1) is 5.82 Å². The Kier molecular flexibility index (Phi) is 4.49. The van der Waals surface area contributed by atoms with Crippen molar-refractivity contribution in [3.63, 3.8) is 0 Å². The lowest BCUT2D eigenvalue weighted by molar-refractivity contribution is -0.140. The van der Waals surface area contributed by atoms with Crippen LogP contribution in [0.2, 0.25) is 0 Å². The molecule has 0 radical (unpaired) electrons. The highest BCUT2D eigenvalue weighted by molar-refractivity contribution is 7.99. The summed E-state index contributed by atoms with van der Waals surface area (Å²) in [4.78, 5) is 26.0. The predicted molar refractivity (Wildman–Crippen MR) is 73.9 cm³/mol. The van der Waals surface area contributed by atoms with Gasteiger partial charge in [-0.3, -0.25) is 0 Å². The third kappa shape index (κ3) is 3.22. The second-order valence-electron chi connectivity index (χ2n) is 4.59. The number of hydrogen-bond donors (Lipinski definition) is 1. The minimum absolute atomic E-state index is 0.240. The molecule has 1 fully saturated rings. The number of carboxylic acids is 1. The average molecular weight is 298 g/mol. The van der Waals surface area contributed by atoms with Gasteiger partial charge in [0.2, 0.25) is 0 Å². The second-order valence-corrected chi connectivity index (χ2v) is 5.59. The van der Waals surface area contributed by atoms with Crippen molar-refractivity contribution in [3.8, 4) is 0 Å². The molecule has 20 heavy (non-hydrogen) atoms. The maximum Gasteiger partial charge on any atom is 0.327 e. The molecule has 2 amide bonds. The normalized spacial score (nSPS) is 18.1. The number of carbonyl (C=O) groups excluding carboxylic acids is 1. The Morgan fingerprint density at radius 2 is 2.30 bits per heavy atom. The van der Waals surface area contributed by atoms with E-state index >= 15 is 0 Å². The number of halogens is 1. The van der Waals surface area contributed by atoms with Crippen LogP contribution in [0.5, 0.6) is 0 Å². The lowest BCUT2D eigenvalue weighted by atomic mass is 10.2. The van der Waals surface area contributed by atoms with Crippen molar-refractivity contribution in [2.24, 2.45) is 0 Å². The summed E-state index contributed by atoms with van der Waals surface area (Å²) in [6.45, 7) is 0.240. The van der Waals surface area contributed by atoms with E-state index in [1.165, 1.54) is 33.7 Å². The van der Waals surface area contributed by atoms with Gasteiger partial charge in [-0.15, -0.1) is 11.8 Å². The fourth-order valence-corrected chi connectivity index (χ4v) is 3.17. The molecule has 2 rings (SSSR count). The molecular weight excluding hydrogens is 283 g/mol. The van der Waals surface area contributed by atoms with E-state index in [0.29, 0.717) is 17.2 Å². The number of hydrogen-bond acceptors (Lipinski definition) is 3. The van der Waals surface area contributed by atoms with E-state index in [1.54, 1.807) is 19.2 Å². The number of benzene rings is 1. The lowest BCUT2D eigenvalue weighted by Crippen LogP contribution is -2.47. The van der Waals surface area contributed by atoms with E-state index in [2.05, 4.69) is 0 Å². The van der Waals surface area contributed by atoms with Gasteiger partial charge in [0.1, 0.15) is 11.9 Å². The first-order valence-electron chi connectivity index (χ1n) is 6.06. The molecule has 1 unspecified atom stereocenters. The Morgan fingerprint density at radius 1 is 1.55 bits per heavy atom. The third-order valence-corrected chi connectivity index (χ3v) is 4.06. The topological polar surface area (TPSA) is 60.9 Å².